The summed E-state index contributed by atoms with van der Waals surface area (Å²) in [6, 6.07) is 2.91. The van der Waals surface area contributed by atoms with Gasteiger partial charge in [0.25, 0.3) is 5.91 Å². The van der Waals surface area contributed by atoms with Crippen LogP contribution in [0.4, 0.5) is 9.18 Å². The van der Waals surface area contributed by atoms with Crippen LogP contribution in [0, 0.1) is 5.95 Å². The Morgan fingerprint density at radius 3 is 2.57 bits per heavy atom. The molecule has 2 amide bonds. The molecule has 23 heavy (non-hydrogen) atoms. The van der Waals surface area contributed by atoms with Crippen LogP contribution in [0.1, 0.15) is 44.0 Å². The van der Waals surface area contributed by atoms with E-state index < -0.39 is 17.6 Å². The van der Waals surface area contributed by atoms with Gasteiger partial charge in [0.1, 0.15) is 5.60 Å². The summed E-state index contributed by atoms with van der Waals surface area (Å²) in [6.45, 7) is 6.31. The number of hydrogen-bond acceptors (Lipinski definition) is 4. The van der Waals surface area contributed by atoms with E-state index >= 15 is 0 Å². The molecule has 1 aliphatic rings. The van der Waals surface area contributed by atoms with Crippen LogP contribution in [-0.2, 0) is 4.74 Å². The maximum Gasteiger partial charge on any atom is 0.407 e. The van der Waals surface area contributed by atoms with E-state index in [9.17, 15) is 14.0 Å². The van der Waals surface area contributed by atoms with E-state index in [1.165, 1.54) is 18.3 Å². The molecule has 2 heterocycles. The van der Waals surface area contributed by atoms with Crippen molar-refractivity contribution in [2.45, 2.75) is 45.3 Å². The highest BCUT2D eigenvalue weighted by atomic mass is 19.1. The molecular weight excluding hydrogens is 301 g/mol. The predicted octanol–water partition coefficient (Wildman–Crippen LogP) is 2.35. The van der Waals surface area contributed by atoms with Gasteiger partial charge in [0.05, 0.1) is 5.56 Å². The summed E-state index contributed by atoms with van der Waals surface area (Å²) in [6.07, 6.45) is 2.06. The molecule has 6 nitrogen and oxygen atoms in total. The number of ether oxygens (including phenoxy) is 1. The summed E-state index contributed by atoms with van der Waals surface area (Å²) in [4.78, 5) is 29.1. The zero-order chi connectivity index (χ0) is 17.0. The zero-order valence-corrected chi connectivity index (χ0v) is 13.6. The Balaban J connectivity index is 1.85. The number of carbonyl (C=O) groups excluding carboxylic acids is 2. The molecule has 0 atom stereocenters. The van der Waals surface area contributed by atoms with Gasteiger partial charge in [-0.3, -0.25) is 4.79 Å². The van der Waals surface area contributed by atoms with E-state index in [4.69, 9.17) is 4.74 Å². The fourth-order valence-corrected chi connectivity index (χ4v) is 2.42. The fraction of sp³-hybridized carbons (Fsp3) is 0.562. The first kappa shape index (κ1) is 17.2. The molecule has 1 aromatic rings. The summed E-state index contributed by atoms with van der Waals surface area (Å²) >= 11 is 0. The van der Waals surface area contributed by atoms with Gasteiger partial charge >= 0.3 is 6.09 Å². The van der Waals surface area contributed by atoms with Crippen LogP contribution in [0.3, 0.4) is 0 Å². The first-order valence-corrected chi connectivity index (χ1v) is 7.65. The highest BCUT2D eigenvalue weighted by Gasteiger charge is 2.27. The number of aromatic nitrogens is 1. The van der Waals surface area contributed by atoms with Gasteiger partial charge in [-0.25, -0.2) is 9.78 Å². The second kappa shape index (κ2) is 6.93. The van der Waals surface area contributed by atoms with Crippen molar-refractivity contribution in [3.05, 3.63) is 29.8 Å². The highest BCUT2D eigenvalue weighted by molar-refractivity contribution is 5.94. The van der Waals surface area contributed by atoms with Crippen molar-refractivity contribution in [3.8, 4) is 0 Å². The quantitative estimate of drug-likeness (QED) is 0.848. The third kappa shape index (κ3) is 4.91. The molecule has 1 fully saturated rings. The lowest BCUT2D eigenvalue weighted by atomic mass is 10.0. The normalized spacial score (nSPS) is 16.1. The van der Waals surface area contributed by atoms with Gasteiger partial charge in [-0.05, 0) is 45.7 Å². The number of hydrogen-bond donors (Lipinski definition) is 1. The molecule has 0 bridgehead atoms. The van der Waals surface area contributed by atoms with Gasteiger partial charge in [0, 0.05) is 25.3 Å². The number of piperidine rings is 1. The Labute approximate surface area is 135 Å². The molecule has 7 heteroatoms. The molecule has 1 aromatic heterocycles. The number of halogens is 1. The molecule has 0 saturated carbocycles. The van der Waals surface area contributed by atoms with Crippen molar-refractivity contribution in [1.29, 1.82) is 0 Å². The Morgan fingerprint density at radius 1 is 1.35 bits per heavy atom. The largest absolute Gasteiger partial charge is 0.444 e. The van der Waals surface area contributed by atoms with E-state index in [2.05, 4.69) is 10.3 Å². The van der Waals surface area contributed by atoms with Crippen molar-refractivity contribution >= 4 is 12.0 Å². The zero-order valence-electron chi connectivity index (χ0n) is 13.6. The minimum atomic E-state index is -0.758. The van der Waals surface area contributed by atoms with Crippen molar-refractivity contribution in [3.63, 3.8) is 0 Å². The number of amides is 2. The van der Waals surface area contributed by atoms with Crippen LogP contribution in [0.2, 0.25) is 0 Å². The van der Waals surface area contributed by atoms with Crippen molar-refractivity contribution in [1.82, 2.24) is 15.2 Å². The molecule has 0 radical (unpaired) electrons. The third-order valence-electron chi connectivity index (χ3n) is 3.49. The second-order valence-corrected chi connectivity index (χ2v) is 6.55. The number of carbonyl (C=O) groups is 2. The number of nitrogens with zero attached hydrogens (tertiary/aromatic N) is 2. The van der Waals surface area contributed by atoms with Gasteiger partial charge in [-0.2, -0.15) is 4.39 Å². The van der Waals surface area contributed by atoms with E-state index in [0.29, 0.717) is 25.9 Å². The standard InChI is InChI=1S/C16H22FN3O3/c1-16(2,3)23-15(22)19-11-6-9-20(10-7-11)14(21)12-5-4-8-18-13(12)17/h4-5,8,11H,6-7,9-10H2,1-3H3,(H,19,22). The Hall–Kier alpha value is -2.18. The topological polar surface area (TPSA) is 71.5 Å². The van der Waals surface area contributed by atoms with Gasteiger partial charge in [-0.1, -0.05) is 0 Å². The number of pyridine rings is 1. The SMILES string of the molecule is CC(C)(C)OC(=O)NC1CCN(C(=O)c2cccnc2F)CC1. The van der Waals surface area contributed by atoms with Crippen LogP contribution >= 0.6 is 0 Å². The maximum absolute atomic E-state index is 13.6. The van der Waals surface area contributed by atoms with Gasteiger partial charge in [-0.15, -0.1) is 0 Å². The van der Waals surface area contributed by atoms with Crippen LogP contribution in [0.15, 0.2) is 18.3 Å². The number of nitrogens with one attached hydrogen (secondary N) is 1. The monoisotopic (exact) mass is 323 g/mol. The summed E-state index contributed by atoms with van der Waals surface area (Å²) in [7, 11) is 0. The van der Waals surface area contributed by atoms with Gasteiger partial charge in [0.15, 0.2) is 0 Å². The molecular formula is C16H22FN3O3. The molecule has 126 valence electrons. The Bertz CT molecular complexity index is 578. The third-order valence-corrected chi connectivity index (χ3v) is 3.49. The average Bonchev–Trinajstić information content (AvgIpc) is 2.46. The minimum absolute atomic E-state index is 0.0222. The van der Waals surface area contributed by atoms with E-state index in [0.717, 1.165) is 0 Å². The lowest BCUT2D eigenvalue weighted by Crippen LogP contribution is -2.47. The number of likely N-dealkylation sites (tertiary alicyclic amines) is 1. The molecule has 1 saturated heterocycles. The van der Waals surface area contributed by atoms with Crippen LogP contribution < -0.4 is 5.32 Å². The summed E-state index contributed by atoms with van der Waals surface area (Å²) < 4.78 is 18.8. The summed E-state index contributed by atoms with van der Waals surface area (Å²) in [5.74, 6) is -1.13. The van der Waals surface area contributed by atoms with Gasteiger partial charge < -0.3 is 15.0 Å². The van der Waals surface area contributed by atoms with E-state index in [1.54, 1.807) is 25.7 Å². The van der Waals surface area contributed by atoms with E-state index in [-0.39, 0.29) is 17.5 Å². The minimum Gasteiger partial charge on any atom is -0.444 e. The molecule has 2 rings (SSSR count). The average molecular weight is 323 g/mol. The van der Waals surface area contributed by atoms with Crippen LogP contribution in [0.5, 0.6) is 0 Å². The predicted molar refractivity (Wildman–Crippen MR) is 82.5 cm³/mol. The number of alkyl carbamates (subject to hydrolysis) is 1. The molecule has 0 aliphatic carbocycles. The second-order valence-electron chi connectivity index (χ2n) is 6.55. The smallest absolute Gasteiger partial charge is 0.407 e. The van der Waals surface area contributed by atoms with Gasteiger partial charge in [0.2, 0.25) is 5.95 Å². The molecule has 0 unspecified atom stereocenters. The lowest BCUT2D eigenvalue weighted by molar-refractivity contribution is 0.0473. The molecule has 1 aliphatic heterocycles. The van der Waals surface area contributed by atoms with Crippen LogP contribution in [0.25, 0.3) is 0 Å². The first-order chi connectivity index (χ1) is 10.8. The van der Waals surface area contributed by atoms with Crippen molar-refractivity contribution in [2.24, 2.45) is 0 Å². The van der Waals surface area contributed by atoms with E-state index in [1.807, 2.05) is 0 Å². The van der Waals surface area contributed by atoms with Crippen molar-refractivity contribution < 1.29 is 18.7 Å². The molecule has 1 N–H and O–H groups in total. The maximum atomic E-state index is 13.6. The first-order valence-electron chi connectivity index (χ1n) is 7.65. The lowest BCUT2D eigenvalue weighted by Gasteiger charge is -2.32. The fourth-order valence-electron chi connectivity index (χ4n) is 2.42. The number of rotatable bonds is 2. The molecule has 0 aromatic carbocycles. The molecule has 0 spiro atoms. The van der Waals surface area contributed by atoms with Crippen LogP contribution in [-0.4, -0.2) is 46.6 Å². The highest BCUT2D eigenvalue weighted by Crippen LogP contribution is 2.16. The Morgan fingerprint density at radius 2 is 2.00 bits per heavy atom. The Kier molecular flexibility index (Phi) is 5.18. The van der Waals surface area contributed by atoms with Crippen molar-refractivity contribution in [2.75, 3.05) is 13.1 Å². The summed E-state index contributed by atoms with van der Waals surface area (Å²) in [5, 5.41) is 2.80. The summed E-state index contributed by atoms with van der Waals surface area (Å²) in [5.41, 5.74) is -0.565.